The van der Waals surface area contributed by atoms with Crippen LogP contribution >= 0.6 is 0 Å². The molecule has 14 nitrogen and oxygen atoms in total. The lowest BCUT2D eigenvalue weighted by Crippen LogP contribution is -2.55. The van der Waals surface area contributed by atoms with E-state index in [1.54, 1.807) is 24.3 Å². The lowest BCUT2D eigenvalue weighted by atomic mass is 10.0. The standard InChI is InChI=1S/C24H37N7O7/c1-15(2)11-18(31-24(37)38-14-16-7-4-3-5-8-16)22(36)30-17(9-6-10-27-23(25)26)21(35)29-12-19(32)28-13-20(33)34/h3-5,7-8,15,17-18H,6,9-14H2,1-2H3,(H,28,32)(H,29,35)(H,30,36)(H,31,37)(H,33,34)(H4,25,26,27)/t17-,18-/m0/s1. The van der Waals surface area contributed by atoms with Gasteiger partial charge in [-0.3, -0.25) is 24.6 Å². The third-order valence-corrected chi connectivity index (χ3v) is 5.01. The Morgan fingerprint density at radius 2 is 1.63 bits per heavy atom. The molecule has 0 aliphatic carbocycles. The molecule has 1 aromatic rings. The van der Waals surface area contributed by atoms with Crippen molar-refractivity contribution in [1.82, 2.24) is 26.6 Å². The zero-order valence-corrected chi connectivity index (χ0v) is 21.5. The van der Waals surface area contributed by atoms with E-state index < -0.39 is 55.0 Å². The summed E-state index contributed by atoms with van der Waals surface area (Å²) < 4.78 is 5.21. The molecule has 210 valence electrons. The van der Waals surface area contributed by atoms with Crippen LogP contribution in [0.15, 0.2) is 30.3 Å². The molecule has 0 spiro atoms. The van der Waals surface area contributed by atoms with Crippen LogP contribution in [0.25, 0.3) is 0 Å². The van der Waals surface area contributed by atoms with Crippen LogP contribution < -0.4 is 32.3 Å². The summed E-state index contributed by atoms with van der Waals surface area (Å²) in [6.45, 7) is 2.90. The predicted molar refractivity (Wildman–Crippen MR) is 138 cm³/mol. The molecule has 2 atom stereocenters. The van der Waals surface area contributed by atoms with Crippen molar-refractivity contribution < 1.29 is 33.8 Å². The number of alkyl carbamates (subject to hydrolysis) is 1. The fourth-order valence-corrected chi connectivity index (χ4v) is 3.21. The maximum Gasteiger partial charge on any atom is 0.408 e. The van der Waals surface area contributed by atoms with Gasteiger partial charge in [0.2, 0.25) is 17.7 Å². The topological polar surface area (TPSA) is 225 Å². The summed E-state index contributed by atoms with van der Waals surface area (Å²) >= 11 is 0. The highest BCUT2D eigenvalue weighted by atomic mass is 16.5. The summed E-state index contributed by atoms with van der Waals surface area (Å²) in [7, 11) is 0. The number of guanidine groups is 1. The third kappa shape index (κ3) is 14.3. The number of hydrogen-bond acceptors (Lipinski definition) is 7. The summed E-state index contributed by atoms with van der Waals surface area (Å²) in [5.41, 5.74) is 6.03. The molecular formula is C24H37N7O7. The summed E-state index contributed by atoms with van der Waals surface area (Å²) in [5.74, 6) is -3.49. The highest BCUT2D eigenvalue weighted by molar-refractivity contribution is 5.93. The minimum absolute atomic E-state index is 0.0147. The first-order valence-corrected chi connectivity index (χ1v) is 12.1. The molecule has 0 heterocycles. The van der Waals surface area contributed by atoms with Crippen LogP contribution in [0.4, 0.5) is 4.79 Å². The van der Waals surface area contributed by atoms with Gasteiger partial charge in [0.25, 0.3) is 0 Å². The summed E-state index contributed by atoms with van der Waals surface area (Å²) in [6, 6.07) is 6.94. The lowest BCUT2D eigenvalue weighted by molar-refractivity contribution is -0.138. The molecule has 14 heteroatoms. The van der Waals surface area contributed by atoms with Gasteiger partial charge in [0.1, 0.15) is 25.2 Å². The van der Waals surface area contributed by atoms with Gasteiger partial charge in [-0.05, 0) is 30.7 Å². The SMILES string of the molecule is CC(C)C[C@H](NC(=O)OCc1ccccc1)C(=O)N[C@@H](CCCNC(=N)N)C(=O)NCC(=O)NCC(=O)O. The number of hydrogen-bond donors (Lipinski definition) is 8. The van der Waals surface area contributed by atoms with E-state index in [9.17, 15) is 24.0 Å². The first-order chi connectivity index (χ1) is 18.0. The van der Waals surface area contributed by atoms with Crippen LogP contribution in [0.3, 0.4) is 0 Å². The van der Waals surface area contributed by atoms with Gasteiger partial charge < -0.3 is 42.2 Å². The molecule has 9 N–H and O–H groups in total. The number of carbonyl (C=O) groups is 5. The van der Waals surface area contributed by atoms with Gasteiger partial charge in [-0.25, -0.2) is 4.79 Å². The Hall–Kier alpha value is -4.36. The van der Waals surface area contributed by atoms with E-state index in [1.165, 1.54) is 0 Å². The Morgan fingerprint density at radius 1 is 0.947 bits per heavy atom. The number of amides is 4. The quantitative estimate of drug-likeness (QED) is 0.0766. The molecule has 0 saturated heterocycles. The minimum atomic E-state index is -1.24. The van der Waals surface area contributed by atoms with Crippen molar-refractivity contribution >= 4 is 35.7 Å². The van der Waals surface area contributed by atoms with E-state index in [-0.39, 0.29) is 37.9 Å². The molecule has 0 bridgehead atoms. The number of carboxylic acids is 1. The van der Waals surface area contributed by atoms with Crippen LogP contribution in [0.1, 0.15) is 38.7 Å². The number of benzene rings is 1. The highest BCUT2D eigenvalue weighted by Gasteiger charge is 2.28. The van der Waals surface area contributed by atoms with Gasteiger partial charge in [-0.2, -0.15) is 0 Å². The van der Waals surface area contributed by atoms with E-state index in [4.69, 9.17) is 21.0 Å². The Labute approximate surface area is 220 Å². The smallest absolute Gasteiger partial charge is 0.408 e. The average Bonchev–Trinajstić information content (AvgIpc) is 2.86. The van der Waals surface area contributed by atoms with Crippen molar-refractivity contribution in [2.45, 2.75) is 51.8 Å². The largest absolute Gasteiger partial charge is 0.480 e. The van der Waals surface area contributed by atoms with E-state index >= 15 is 0 Å². The van der Waals surface area contributed by atoms with Gasteiger partial charge in [-0.1, -0.05) is 44.2 Å². The number of carboxylic acid groups (broad SMARTS) is 1. The molecule has 38 heavy (non-hydrogen) atoms. The van der Waals surface area contributed by atoms with Gasteiger partial charge in [0.05, 0.1) is 6.54 Å². The fraction of sp³-hybridized carbons (Fsp3) is 0.500. The van der Waals surface area contributed by atoms with E-state index in [0.717, 1.165) is 5.56 Å². The van der Waals surface area contributed by atoms with Crippen LogP contribution in [-0.4, -0.2) is 72.6 Å². The molecular weight excluding hydrogens is 498 g/mol. The Morgan fingerprint density at radius 3 is 2.24 bits per heavy atom. The maximum absolute atomic E-state index is 13.1. The van der Waals surface area contributed by atoms with E-state index in [0.29, 0.717) is 6.42 Å². The Kier molecular flexibility index (Phi) is 14.3. The lowest BCUT2D eigenvalue weighted by Gasteiger charge is -2.24. The number of aliphatic carboxylic acids is 1. The van der Waals surface area contributed by atoms with E-state index in [2.05, 4.69) is 26.6 Å². The predicted octanol–water partition coefficient (Wildman–Crippen LogP) is -0.607. The highest BCUT2D eigenvalue weighted by Crippen LogP contribution is 2.08. The molecule has 0 aliphatic rings. The van der Waals surface area contributed by atoms with Crippen molar-refractivity contribution in [3.63, 3.8) is 0 Å². The second-order valence-electron chi connectivity index (χ2n) is 8.82. The van der Waals surface area contributed by atoms with Crippen molar-refractivity contribution in [3.05, 3.63) is 35.9 Å². The molecule has 0 aromatic heterocycles. The summed E-state index contributed by atoms with van der Waals surface area (Å²) in [4.78, 5) is 60.6. The first-order valence-electron chi connectivity index (χ1n) is 12.1. The molecule has 0 fully saturated rings. The molecule has 0 saturated carbocycles. The maximum atomic E-state index is 13.1. The second kappa shape index (κ2) is 17.2. The van der Waals surface area contributed by atoms with Gasteiger partial charge in [0.15, 0.2) is 5.96 Å². The van der Waals surface area contributed by atoms with Crippen molar-refractivity contribution in [2.24, 2.45) is 11.7 Å². The number of ether oxygens (including phenoxy) is 1. The number of nitrogens with one attached hydrogen (secondary N) is 6. The molecule has 4 amide bonds. The van der Waals surface area contributed by atoms with Gasteiger partial charge >= 0.3 is 12.1 Å². The minimum Gasteiger partial charge on any atom is -0.480 e. The normalized spacial score (nSPS) is 12.0. The third-order valence-electron chi connectivity index (χ3n) is 5.01. The zero-order valence-electron chi connectivity index (χ0n) is 21.5. The zero-order chi connectivity index (χ0) is 28.5. The van der Waals surface area contributed by atoms with Crippen LogP contribution in [0, 0.1) is 11.3 Å². The van der Waals surface area contributed by atoms with Crippen molar-refractivity contribution in [2.75, 3.05) is 19.6 Å². The van der Waals surface area contributed by atoms with Crippen molar-refractivity contribution in [1.29, 1.82) is 5.41 Å². The molecule has 1 aromatic carbocycles. The first kappa shape index (κ1) is 31.7. The average molecular weight is 536 g/mol. The van der Waals surface area contributed by atoms with E-state index in [1.807, 2.05) is 19.9 Å². The fourth-order valence-electron chi connectivity index (χ4n) is 3.21. The van der Waals surface area contributed by atoms with Crippen molar-refractivity contribution in [3.8, 4) is 0 Å². The molecule has 0 radical (unpaired) electrons. The summed E-state index contributed by atoms with van der Waals surface area (Å²) in [6.07, 6.45) is -0.0627. The summed E-state index contributed by atoms with van der Waals surface area (Å²) in [5, 5.41) is 28.1. The monoisotopic (exact) mass is 535 g/mol. The molecule has 0 unspecified atom stereocenters. The number of carbonyl (C=O) groups excluding carboxylic acids is 4. The number of rotatable bonds is 16. The van der Waals surface area contributed by atoms with Crippen LogP contribution in [-0.2, 0) is 30.5 Å². The Bertz CT molecular complexity index is 957. The van der Waals surface area contributed by atoms with Gasteiger partial charge in [-0.15, -0.1) is 0 Å². The van der Waals surface area contributed by atoms with Crippen LogP contribution in [0.2, 0.25) is 0 Å². The second-order valence-corrected chi connectivity index (χ2v) is 8.82. The van der Waals surface area contributed by atoms with Gasteiger partial charge in [0, 0.05) is 6.54 Å². The van der Waals surface area contributed by atoms with Crippen LogP contribution in [0.5, 0.6) is 0 Å². The molecule has 1 rings (SSSR count). The number of nitrogens with two attached hydrogens (primary N) is 1. The Balaban J connectivity index is 2.81. The molecule has 0 aliphatic heterocycles.